The van der Waals surface area contributed by atoms with Crippen LogP contribution in [-0.4, -0.2) is 22.5 Å². The van der Waals surface area contributed by atoms with Crippen LogP contribution in [0.2, 0.25) is 0 Å². The number of hydrogen-bond donors (Lipinski definition) is 3. The molecular weight excluding hydrogens is 218 g/mol. The number of rotatable bonds is 3. The van der Waals surface area contributed by atoms with Crippen LogP contribution < -0.4 is 11.1 Å². The van der Waals surface area contributed by atoms with Crippen LogP contribution in [0.15, 0.2) is 5.16 Å². The van der Waals surface area contributed by atoms with Crippen molar-refractivity contribution in [3.63, 3.8) is 0 Å². The van der Waals surface area contributed by atoms with Gasteiger partial charge >= 0.3 is 0 Å². The van der Waals surface area contributed by atoms with E-state index in [2.05, 4.69) is 24.3 Å². The Labute approximate surface area is 101 Å². The number of nitrogens with one attached hydrogen (secondary N) is 1. The molecule has 0 bridgehead atoms. The maximum Gasteiger partial charge on any atom is 0.234 e. The third kappa shape index (κ3) is 1.87. The molecule has 96 valence electrons. The Morgan fingerprint density at radius 3 is 2.41 bits per heavy atom. The zero-order valence-electron chi connectivity index (χ0n) is 10.5. The highest BCUT2D eigenvalue weighted by Crippen LogP contribution is 2.46. The Balaban J connectivity index is 2.09. The van der Waals surface area contributed by atoms with Crippen molar-refractivity contribution in [2.45, 2.75) is 51.5 Å². The van der Waals surface area contributed by atoms with Crippen LogP contribution in [0.1, 0.15) is 46.0 Å². The molecule has 17 heavy (non-hydrogen) atoms. The fourth-order valence-electron chi connectivity index (χ4n) is 2.96. The number of nitrogens with zero attached hydrogens (tertiary/aromatic N) is 1. The van der Waals surface area contributed by atoms with Crippen LogP contribution in [0, 0.1) is 11.3 Å². The Hall–Kier alpha value is -1.26. The van der Waals surface area contributed by atoms with Gasteiger partial charge in [-0.2, -0.15) is 0 Å². The van der Waals surface area contributed by atoms with Crippen LogP contribution in [0.25, 0.3) is 0 Å². The molecule has 5 nitrogen and oxygen atoms in total. The van der Waals surface area contributed by atoms with Gasteiger partial charge < -0.3 is 16.3 Å². The first-order valence-corrected chi connectivity index (χ1v) is 6.22. The number of oxime groups is 1. The lowest BCUT2D eigenvalue weighted by Gasteiger charge is -2.47. The molecule has 0 unspecified atom stereocenters. The molecule has 2 aliphatic carbocycles. The standard InChI is InChI=1S/C12H21N3O2/c1-8-6-12(7-8,9(13)15-17)10(16)14-11(2)4-3-5-11/h8,17H,3-7H2,1-2H3,(H2,13,15)(H,14,16). The molecule has 0 aliphatic heterocycles. The van der Waals surface area contributed by atoms with Gasteiger partial charge in [0, 0.05) is 5.54 Å². The van der Waals surface area contributed by atoms with Crippen molar-refractivity contribution in [2.24, 2.45) is 22.2 Å². The van der Waals surface area contributed by atoms with Crippen molar-refractivity contribution in [3.05, 3.63) is 0 Å². The third-order valence-corrected chi connectivity index (χ3v) is 4.30. The predicted molar refractivity (Wildman–Crippen MR) is 64.6 cm³/mol. The first-order valence-electron chi connectivity index (χ1n) is 6.22. The molecule has 0 atom stereocenters. The zero-order chi connectivity index (χ0) is 12.7. The minimum atomic E-state index is -0.771. The van der Waals surface area contributed by atoms with E-state index in [0.717, 1.165) is 19.3 Å². The average Bonchev–Trinajstić information content (AvgIpc) is 2.20. The molecule has 0 aromatic rings. The van der Waals surface area contributed by atoms with Crippen LogP contribution >= 0.6 is 0 Å². The lowest BCUT2D eigenvalue weighted by molar-refractivity contribution is -0.136. The molecule has 0 saturated heterocycles. The Morgan fingerprint density at radius 2 is 2.06 bits per heavy atom. The van der Waals surface area contributed by atoms with Crippen molar-refractivity contribution in [2.75, 3.05) is 0 Å². The van der Waals surface area contributed by atoms with Gasteiger partial charge in [0.2, 0.25) is 5.91 Å². The molecule has 2 rings (SSSR count). The van der Waals surface area contributed by atoms with Gasteiger partial charge in [-0.05, 0) is 44.9 Å². The van der Waals surface area contributed by atoms with E-state index in [0.29, 0.717) is 18.8 Å². The van der Waals surface area contributed by atoms with Gasteiger partial charge in [0.15, 0.2) is 5.84 Å². The smallest absolute Gasteiger partial charge is 0.234 e. The molecule has 2 saturated carbocycles. The second-order valence-electron chi connectivity index (χ2n) is 5.95. The first kappa shape index (κ1) is 12.2. The molecule has 5 heteroatoms. The fraction of sp³-hybridized carbons (Fsp3) is 0.833. The quantitative estimate of drug-likeness (QED) is 0.299. The molecular formula is C12H21N3O2. The molecule has 1 amide bonds. The minimum absolute atomic E-state index is 0.0519. The summed E-state index contributed by atoms with van der Waals surface area (Å²) in [5, 5.41) is 14.9. The number of carbonyl (C=O) groups is 1. The lowest BCUT2D eigenvalue weighted by Crippen LogP contribution is -2.62. The van der Waals surface area contributed by atoms with Crippen molar-refractivity contribution in [3.8, 4) is 0 Å². The molecule has 0 aromatic carbocycles. The van der Waals surface area contributed by atoms with Gasteiger partial charge in [-0.3, -0.25) is 4.79 Å². The van der Waals surface area contributed by atoms with Gasteiger partial charge in [-0.25, -0.2) is 0 Å². The first-order chi connectivity index (χ1) is 7.92. The van der Waals surface area contributed by atoms with E-state index < -0.39 is 5.41 Å². The van der Waals surface area contributed by atoms with Crippen LogP contribution in [0.3, 0.4) is 0 Å². The van der Waals surface area contributed by atoms with Crippen molar-refractivity contribution >= 4 is 11.7 Å². The van der Waals surface area contributed by atoms with Gasteiger partial charge in [0.25, 0.3) is 0 Å². The van der Waals surface area contributed by atoms with Gasteiger partial charge in [0.1, 0.15) is 5.41 Å². The second-order valence-corrected chi connectivity index (χ2v) is 5.95. The molecule has 0 spiro atoms. The number of carbonyl (C=O) groups excluding carboxylic acids is 1. The molecule has 0 heterocycles. The summed E-state index contributed by atoms with van der Waals surface area (Å²) in [5.74, 6) is 0.430. The van der Waals surface area contributed by atoms with Crippen molar-refractivity contribution in [1.29, 1.82) is 0 Å². The summed E-state index contributed by atoms with van der Waals surface area (Å²) in [4.78, 5) is 12.3. The van der Waals surface area contributed by atoms with E-state index >= 15 is 0 Å². The number of amidine groups is 1. The fourth-order valence-corrected chi connectivity index (χ4v) is 2.96. The van der Waals surface area contributed by atoms with Gasteiger partial charge in [-0.1, -0.05) is 12.1 Å². The molecule has 0 radical (unpaired) electrons. The minimum Gasteiger partial charge on any atom is -0.409 e. The largest absolute Gasteiger partial charge is 0.409 e. The molecule has 2 fully saturated rings. The highest BCUT2D eigenvalue weighted by Gasteiger charge is 2.53. The monoisotopic (exact) mass is 239 g/mol. The van der Waals surface area contributed by atoms with Gasteiger partial charge in [0.05, 0.1) is 0 Å². The Kier molecular flexibility index (Phi) is 2.79. The highest BCUT2D eigenvalue weighted by atomic mass is 16.4. The summed E-state index contributed by atoms with van der Waals surface area (Å²) < 4.78 is 0. The Morgan fingerprint density at radius 1 is 1.47 bits per heavy atom. The second kappa shape index (κ2) is 3.89. The molecule has 4 N–H and O–H groups in total. The lowest BCUT2D eigenvalue weighted by atomic mass is 9.60. The van der Waals surface area contributed by atoms with Crippen LogP contribution in [-0.2, 0) is 4.79 Å². The maximum absolute atomic E-state index is 12.3. The number of nitrogens with two attached hydrogens (primary N) is 1. The Bertz CT molecular complexity index is 355. The van der Waals surface area contributed by atoms with E-state index in [1.54, 1.807) is 0 Å². The summed E-state index contributed by atoms with van der Waals surface area (Å²) in [6, 6.07) is 0. The van der Waals surface area contributed by atoms with E-state index in [-0.39, 0.29) is 17.3 Å². The number of amides is 1. The molecule has 0 aromatic heterocycles. The summed E-state index contributed by atoms with van der Waals surface area (Å²) >= 11 is 0. The van der Waals surface area contributed by atoms with E-state index in [1.165, 1.54) is 0 Å². The van der Waals surface area contributed by atoms with E-state index in [9.17, 15) is 4.79 Å². The van der Waals surface area contributed by atoms with Crippen LogP contribution in [0.5, 0.6) is 0 Å². The summed E-state index contributed by atoms with van der Waals surface area (Å²) in [6.07, 6.45) is 4.53. The number of hydrogen-bond acceptors (Lipinski definition) is 3. The normalized spacial score (nSPS) is 35.6. The average molecular weight is 239 g/mol. The van der Waals surface area contributed by atoms with Gasteiger partial charge in [-0.15, -0.1) is 0 Å². The van der Waals surface area contributed by atoms with Crippen LogP contribution in [0.4, 0.5) is 0 Å². The van der Waals surface area contributed by atoms with Crippen molar-refractivity contribution in [1.82, 2.24) is 5.32 Å². The highest BCUT2D eigenvalue weighted by molar-refractivity contribution is 6.07. The van der Waals surface area contributed by atoms with E-state index in [1.807, 2.05) is 0 Å². The van der Waals surface area contributed by atoms with Crippen molar-refractivity contribution < 1.29 is 10.0 Å². The summed E-state index contributed by atoms with van der Waals surface area (Å²) in [6.45, 7) is 4.12. The predicted octanol–water partition coefficient (Wildman–Crippen LogP) is 1.21. The summed E-state index contributed by atoms with van der Waals surface area (Å²) in [7, 11) is 0. The topological polar surface area (TPSA) is 87.7 Å². The molecule has 2 aliphatic rings. The van der Waals surface area contributed by atoms with E-state index in [4.69, 9.17) is 10.9 Å². The summed E-state index contributed by atoms with van der Waals surface area (Å²) in [5.41, 5.74) is 4.84. The third-order valence-electron chi connectivity index (χ3n) is 4.30. The zero-order valence-corrected chi connectivity index (χ0v) is 10.5. The maximum atomic E-state index is 12.3. The SMILES string of the molecule is CC1CC(C(=O)NC2(C)CCC2)(C(N)=NO)C1.